The summed E-state index contributed by atoms with van der Waals surface area (Å²) in [5.74, 6) is 0.740. The lowest BCUT2D eigenvalue weighted by molar-refractivity contribution is -0.134. The van der Waals surface area contributed by atoms with E-state index in [-0.39, 0.29) is 5.91 Å². The Morgan fingerprint density at radius 2 is 2.17 bits per heavy atom. The van der Waals surface area contributed by atoms with E-state index in [1.807, 2.05) is 21.7 Å². The predicted molar refractivity (Wildman–Crippen MR) is 124 cm³/mol. The lowest BCUT2D eigenvalue weighted by Crippen LogP contribution is -2.47. The highest BCUT2D eigenvalue weighted by Crippen LogP contribution is 2.45. The number of halogens is 3. The summed E-state index contributed by atoms with van der Waals surface area (Å²) < 4.78 is 7.07. The number of thiophene rings is 1. The van der Waals surface area contributed by atoms with Gasteiger partial charge in [-0.05, 0) is 65.2 Å². The van der Waals surface area contributed by atoms with E-state index in [9.17, 15) is 10.1 Å². The van der Waals surface area contributed by atoms with Crippen LogP contribution in [0.1, 0.15) is 31.9 Å². The Bertz CT molecular complexity index is 903. The summed E-state index contributed by atoms with van der Waals surface area (Å²) in [6, 6.07) is 5.39. The van der Waals surface area contributed by atoms with Crippen molar-refractivity contribution in [3.05, 3.63) is 37.2 Å². The van der Waals surface area contributed by atoms with Gasteiger partial charge in [-0.15, -0.1) is 11.3 Å². The van der Waals surface area contributed by atoms with E-state index >= 15 is 0 Å². The first kappa shape index (κ1) is 23.0. The molecule has 0 radical (unpaired) electrons. The van der Waals surface area contributed by atoms with Crippen LogP contribution in [0, 0.1) is 17.2 Å². The molecule has 1 amide bonds. The number of amides is 1. The second-order valence-electron chi connectivity index (χ2n) is 7.06. The van der Waals surface area contributed by atoms with Gasteiger partial charge >= 0.3 is 0 Å². The third-order valence-corrected chi connectivity index (χ3v) is 9.44. The van der Waals surface area contributed by atoms with E-state index in [0.717, 1.165) is 35.3 Å². The molecule has 2 aromatic heterocycles. The average molecular weight is 536 g/mol. The van der Waals surface area contributed by atoms with Crippen molar-refractivity contribution in [2.24, 2.45) is 5.92 Å². The molecule has 0 saturated carbocycles. The maximum atomic E-state index is 13.2. The van der Waals surface area contributed by atoms with Crippen LogP contribution in [0.15, 0.2) is 27.7 Å². The van der Waals surface area contributed by atoms with Crippen LogP contribution in [0.5, 0.6) is 0 Å². The first-order valence-electron chi connectivity index (χ1n) is 9.30. The molecule has 0 aromatic carbocycles. The first-order valence-corrected chi connectivity index (χ1v) is 12.5. The number of rotatable bonds is 7. The van der Waals surface area contributed by atoms with Crippen molar-refractivity contribution >= 4 is 68.3 Å². The molecular formula is C19H21BrCl2N4OS2. The number of nitrogens with one attached hydrogen (secondary N) is 1. The molecule has 156 valence electrons. The molecule has 29 heavy (non-hydrogen) atoms. The van der Waals surface area contributed by atoms with Gasteiger partial charge in [-0.2, -0.15) is 5.26 Å². The molecule has 2 aromatic rings. The second kappa shape index (κ2) is 10.6. The van der Waals surface area contributed by atoms with Crippen molar-refractivity contribution in [1.82, 2.24) is 14.2 Å². The summed E-state index contributed by atoms with van der Waals surface area (Å²) in [5, 5.41) is 9.23. The summed E-state index contributed by atoms with van der Waals surface area (Å²) in [7, 11) is 0. The Hall–Kier alpha value is -0.690. The largest absolute Gasteiger partial charge is 0.341 e. The fourth-order valence-electron chi connectivity index (χ4n) is 3.22. The third kappa shape index (κ3) is 5.72. The van der Waals surface area contributed by atoms with Gasteiger partial charge in [0, 0.05) is 25.8 Å². The van der Waals surface area contributed by atoms with Crippen LogP contribution in [-0.2, 0) is 11.3 Å². The molecule has 1 aliphatic heterocycles. The smallest absolute Gasteiger partial charge is 0.240 e. The van der Waals surface area contributed by atoms with Gasteiger partial charge < -0.3 is 9.47 Å². The monoisotopic (exact) mass is 534 g/mol. The average Bonchev–Trinajstić information content (AvgIpc) is 3.26. The number of hydrogen-bond acceptors (Lipinski definition) is 5. The molecule has 1 aliphatic rings. The van der Waals surface area contributed by atoms with Crippen LogP contribution >= 0.6 is 62.4 Å². The van der Waals surface area contributed by atoms with Gasteiger partial charge in [0.1, 0.15) is 20.4 Å². The highest BCUT2D eigenvalue weighted by Gasteiger charge is 2.28. The maximum Gasteiger partial charge on any atom is 0.240 e. The van der Waals surface area contributed by atoms with Gasteiger partial charge in [0.2, 0.25) is 5.91 Å². The van der Waals surface area contributed by atoms with E-state index in [2.05, 4.69) is 33.6 Å². The molecule has 0 bridgehead atoms. The number of carbonyl (C=O) groups is 1. The first-order chi connectivity index (χ1) is 13.9. The Kier molecular flexibility index (Phi) is 8.37. The molecule has 3 rings (SSSR count). The number of carbonyl (C=O) groups excluding carboxylic acids is 1. The van der Waals surface area contributed by atoms with E-state index < -0.39 is 6.04 Å². The summed E-state index contributed by atoms with van der Waals surface area (Å²) in [5.41, 5.74) is 0.589. The number of piperidine rings is 1. The van der Waals surface area contributed by atoms with Crippen molar-refractivity contribution in [3.63, 3.8) is 0 Å². The van der Waals surface area contributed by atoms with Crippen LogP contribution in [0.4, 0.5) is 0 Å². The second-order valence-corrected chi connectivity index (χ2v) is 10.9. The minimum absolute atomic E-state index is 0.0867. The Balaban J connectivity index is 1.71. The number of likely N-dealkylation sites (tertiary alicyclic amines) is 1. The quantitative estimate of drug-likeness (QED) is 0.455. The molecule has 1 atom stereocenters. The fourth-order valence-corrected chi connectivity index (χ4v) is 6.70. The number of hydrogen-bond donors (Lipinski definition) is 1. The molecule has 3 heterocycles. The summed E-state index contributed by atoms with van der Waals surface area (Å²) in [6.07, 6.45) is 4.48. The molecule has 1 saturated heterocycles. The van der Waals surface area contributed by atoms with E-state index in [0.29, 0.717) is 33.3 Å². The molecule has 1 fully saturated rings. The standard InChI is InChI=1S/C19H21BrCl2N4OS2/c1-12-4-8-26(9-5-12)19(27)14(6-10-25-7-2-3-13(25)11-23)24-29-16-15(20)17(21)28-18(16)22/h2-3,7,12,14,24H,4-6,8-10H2,1H3. The van der Waals surface area contributed by atoms with Crippen LogP contribution in [-0.4, -0.2) is 34.5 Å². The van der Waals surface area contributed by atoms with Gasteiger partial charge in [-0.1, -0.05) is 30.1 Å². The number of aryl methyl sites for hydroxylation is 1. The molecule has 1 unspecified atom stereocenters. The normalized spacial score (nSPS) is 16.0. The van der Waals surface area contributed by atoms with Gasteiger partial charge in [-0.3, -0.25) is 4.79 Å². The molecule has 5 nitrogen and oxygen atoms in total. The highest BCUT2D eigenvalue weighted by molar-refractivity contribution is 9.10. The van der Waals surface area contributed by atoms with Gasteiger partial charge in [-0.25, -0.2) is 4.72 Å². The van der Waals surface area contributed by atoms with Crippen molar-refractivity contribution < 1.29 is 4.79 Å². The fraction of sp³-hybridized carbons (Fsp3) is 0.474. The third-order valence-electron chi connectivity index (χ3n) is 5.03. The van der Waals surface area contributed by atoms with Crippen LogP contribution in [0.2, 0.25) is 8.67 Å². The number of aromatic nitrogens is 1. The lowest BCUT2D eigenvalue weighted by Gasteiger charge is -2.33. The van der Waals surface area contributed by atoms with Crippen molar-refractivity contribution in [2.75, 3.05) is 13.1 Å². The minimum atomic E-state index is -0.399. The van der Waals surface area contributed by atoms with E-state index in [4.69, 9.17) is 23.2 Å². The summed E-state index contributed by atoms with van der Waals surface area (Å²) >= 11 is 18.5. The van der Waals surface area contributed by atoms with Crippen molar-refractivity contribution in [1.29, 1.82) is 5.26 Å². The number of nitrogens with zero attached hydrogens (tertiary/aromatic N) is 3. The van der Waals surface area contributed by atoms with Gasteiger partial charge in [0.05, 0.1) is 15.4 Å². The van der Waals surface area contributed by atoms with Crippen LogP contribution < -0.4 is 4.72 Å². The van der Waals surface area contributed by atoms with Gasteiger partial charge in [0.25, 0.3) is 0 Å². The van der Waals surface area contributed by atoms with Crippen LogP contribution in [0.25, 0.3) is 0 Å². The van der Waals surface area contributed by atoms with E-state index in [1.165, 1.54) is 23.3 Å². The van der Waals surface area contributed by atoms with E-state index in [1.54, 1.807) is 6.07 Å². The zero-order valence-corrected chi connectivity index (χ0v) is 20.6. The van der Waals surface area contributed by atoms with Gasteiger partial charge in [0.15, 0.2) is 0 Å². The predicted octanol–water partition coefficient (Wildman–Crippen LogP) is 5.80. The van der Waals surface area contributed by atoms with Crippen molar-refractivity contribution in [2.45, 2.75) is 43.7 Å². The Morgan fingerprint density at radius 3 is 2.79 bits per heavy atom. The highest BCUT2D eigenvalue weighted by atomic mass is 79.9. The molecular weight excluding hydrogens is 515 g/mol. The molecule has 0 aliphatic carbocycles. The Morgan fingerprint density at radius 1 is 1.45 bits per heavy atom. The maximum absolute atomic E-state index is 13.2. The summed E-state index contributed by atoms with van der Waals surface area (Å²) in [6.45, 7) is 4.36. The zero-order chi connectivity index (χ0) is 21.0. The Labute approximate surface area is 197 Å². The molecule has 1 N–H and O–H groups in total. The van der Waals surface area contributed by atoms with Crippen molar-refractivity contribution in [3.8, 4) is 6.07 Å². The molecule has 0 spiro atoms. The lowest BCUT2D eigenvalue weighted by atomic mass is 9.98. The minimum Gasteiger partial charge on any atom is -0.341 e. The zero-order valence-electron chi connectivity index (χ0n) is 15.8. The summed E-state index contributed by atoms with van der Waals surface area (Å²) in [4.78, 5) is 15.9. The molecule has 10 heteroatoms. The number of nitriles is 1. The SMILES string of the molecule is CC1CCN(C(=O)C(CCn2cccc2C#N)NSc2c(Cl)sc(Cl)c2Br)CC1. The van der Waals surface area contributed by atoms with Crippen LogP contribution in [0.3, 0.4) is 0 Å². The topological polar surface area (TPSA) is 61.1 Å².